The summed E-state index contributed by atoms with van der Waals surface area (Å²) in [6, 6.07) is 4.00. The second-order valence-corrected chi connectivity index (χ2v) is 4.50. The van der Waals surface area contributed by atoms with Crippen molar-refractivity contribution in [1.29, 1.82) is 0 Å². The summed E-state index contributed by atoms with van der Waals surface area (Å²) < 4.78 is 17.9. The molecule has 5 nitrogen and oxygen atoms in total. The van der Waals surface area contributed by atoms with E-state index in [1.807, 2.05) is 18.9 Å². The molecular weight excluding hydrogens is 249 g/mol. The predicted octanol–water partition coefficient (Wildman–Crippen LogP) is 1.31. The molecule has 0 heterocycles. The van der Waals surface area contributed by atoms with Gasteiger partial charge < -0.3 is 15.8 Å². The Labute approximate surface area is 112 Å². The predicted molar refractivity (Wildman–Crippen MR) is 73.4 cm³/mol. The summed E-state index contributed by atoms with van der Waals surface area (Å²) in [5, 5.41) is 2.65. The van der Waals surface area contributed by atoms with Gasteiger partial charge in [-0.05, 0) is 32.2 Å². The number of halogens is 1. The van der Waals surface area contributed by atoms with E-state index in [1.54, 1.807) is 7.11 Å². The summed E-state index contributed by atoms with van der Waals surface area (Å²) in [6.07, 6.45) is 0. The highest BCUT2D eigenvalue weighted by molar-refractivity contribution is 5.95. The van der Waals surface area contributed by atoms with Crippen molar-refractivity contribution in [2.45, 2.75) is 13.0 Å². The zero-order valence-corrected chi connectivity index (χ0v) is 11.4. The van der Waals surface area contributed by atoms with Crippen LogP contribution in [0.5, 0.6) is 0 Å². The first-order valence-corrected chi connectivity index (χ1v) is 5.98. The van der Waals surface area contributed by atoms with Crippen molar-refractivity contribution >= 4 is 17.3 Å². The minimum atomic E-state index is -0.429. The molecule has 0 spiro atoms. The van der Waals surface area contributed by atoms with Gasteiger partial charge in [0.05, 0.1) is 24.5 Å². The van der Waals surface area contributed by atoms with Crippen molar-refractivity contribution in [1.82, 2.24) is 4.90 Å². The Balaban J connectivity index is 2.55. The van der Waals surface area contributed by atoms with Crippen LogP contribution in [0.4, 0.5) is 15.8 Å². The molecule has 0 saturated carbocycles. The number of nitrogens with two attached hydrogens (primary N) is 1. The summed E-state index contributed by atoms with van der Waals surface area (Å²) in [6.45, 7) is 2.72. The molecule has 0 aliphatic carbocycles. The van der Waals surface area contributed by atoms with Crippen LogP contribution < -0.4 is 11.1 Å². The molecule has 0 aliphatic rings. The number of rotatable bonds is 6. The maximum Gasteiger partial charge on any atom is 0.238 e. The average Bonchev–Trinajstić information content (AvgIpc) is 2.33. The second-order valence-electron chi connectivity index (χ2n) is 4.50. The molecule has 1 unspecified atom stereocenters. The summed E-state index contributed by atoms with van der Waals surface area (Å²) in [4.78, 5) is 13.7. The molecule has 1 aromatic rings. The molecule has 0 saturated heterocycles. The Hall–Kier alpha value is -1.66. The second kappa shape index (κ2) is 7.06. The van der Waals surface area contributed by atoms with E-state index >= 15 is 0 Å². The average molecular weight is 269 g/mol. The third-order valence-electron chi connectivity index (χ3n) is 2.84. The quantitative estimate of drug-likeness (QED) is 0.764. The van der Waals surface area contributed by atoms with Gasteiger partial charge in [-0.2, -0.15) is 0 Å². The van der Waals surface area contributed by atoms with Gasteiger partial charge in [0.2, 0.25) is 5.91 Å². The van der Waals surface area contributed by atoms with Crippen LogP contribution in [0.2, 0.25) is 0 Å². The largest absolute Gasteiger partial charge is 0.397 e. The number of benzene rings is 1. The Morgan fingerprint density at radius 2 is 2.26 bits per heavy atom. The highest BCUT2D eigenvalue weighted by Crippen LogP contribution is 2.18. The number of nitrogens with zero attached hydrogens (tertiary/aromatic N) is 1. The summed E-state index contributed by atoms with van der Waals surface area (Å²) in [5.41, 5.74) is 6.24. The summed E-state index contributed by atoms with van der Waals surface area (Å²) >= 11 is 0. The van der Waals surface area contributed by atoms with Crippen molar-refractivity contribution in [3.05, 3.63) is 24.0 Å². The van der Waals surface area contributed by atoms with E-state index in [9.17, 15) is 9.18 Å². The van der Waals surface area contributed by atoms with Gasteiger partial charge in [0.1, 0.15) is 5.82 Å². The van der Waals surface area contributed by atoms with E-state index in [0.29, 0.717) is 12.3 Å². The van der Waals surface area contributed by atoms with Gasteiger partial charge in [0.15, 0.2) is 0 Å². The first-order valence-electron chi connectivity index (χ1n) is 5.98. The van der Waals surface area contributed by atoms with E-state index in [4.69, 9.17) is 10.5 Å². The lowest BCUT2D eigenvalue weighted by Gasteiger charge is -2.23. The number of carbonyl (C=O) groups excluding carboxylic acids is 1. The van der Waals surface area contributed by atoms with E-state index in [0.717, 1.165) is 0 Å². The van der Waals surface area contributed by atoms with Crippen molar-refractivity contribution in [2.24, 2.45) is 0 Å². The van der Waals surface area contributed by atoms with Crippen LogP contribution >= 0.6 is 0 Å². The first-order chi connectivity index (χ1) is 8.93. The van der Waals surface area contributed by atoms with Gasteiger partial charge in [-0.1, -0.05) is 0 Å². The fraction of sp³-hybridized carbons (Fsp3) is 0.462. The van der Waals surface area contributed by atoms with Gasteiger partial charge in [0.25, 0.3) is 0 Å². The van der Waals surface area contributed by atoms with Gasteiger partial charge in [-0.25, -0.2) is 4.39 Å². The number of amides is 1. The number of methoxy groups -OCH3 is 1. The molecular formula is C13H20FN3O2. The Morgan fingerprint density at radius 3 is 2.84 bits per heavy atom. The highest BCUT2D eigenvalue weighted by atomic mass is 19.1. The van der Waals surface area contributed by atoms with Crippen LogP contribution in [-0.2, 0) is 9.53 Å². The molecule has 19 heavy (non-hydrogen) atoms. The zero-order valence-electron chi connectivity index (χ0n) is 11.4. The van der Waals surface area contributed by atoms with E-state index in [-0.39, 0.29) is 24.2 Å². The van der Waals surface area contributed by atoms with Gasteiger partial charge in [-0.3, -0.25) is 9.69 Å². The van der Waals surface area contributed by atoms with Crippen LogP contribution in [0.3, 0.4) is 0 Å². The molecule has 6 heteroatoms. The monoisotopic (exact) mass is 269 g/mol. The summed E-state index contributed by atoms with van der Waals surface area (Å²) in [7, 11) is 3.45. The Morgan fingerprint density at radius 1 is 1.58 bits per heavy atom. The molecule has 1 atom stereocenters. The molecule has 1 aromatic carbocycles. The number of nitrogens with one attached hydrogen (secondary N) is 1. The number of ether oxygens (including phenoxy) is 1. The van der Waals surface area contributed by atoms with Crippen LogP contribution in [0.25, 0.3) is 0 Å². The fourth-order valence-electron chi connectivity index (χ4n) is 1.59. The maximum absolute atomic E-state index is 12.9. The smallest absolute Gasteiger partial charge is 0.238 e. The lowest BCUT2D eigenvalue weighted by atomic mass is 10.2. The molecule has 0 aliphatic heterocycles. The van der Waals surface area contributed by atoms with Crippen molar-refractivity contribution in [3.8, 4) is 0 Å². The van der Waals surface area contributed by atoms with E-state index in [1.165, 1.54) is 18.2 Å². The van der Waals surface area contributed by atoms with Crippen LogP contribution in [0.15, 0.2) is 18.2 Å². The number of likely N-dealkylation sites (N-methyl/N-ethyl adjacent to an activating group) is 1. The maximum atomic E-state index is 12.9. The summed E-state index contributed by atoms with van der Waals surface area (Å²) in [5.74, 6) is -0.634. The molecule has 0 radical (unpaired) electrons. The minimum absolute atomic E-state index is 0.126. The molecule has 0 fully saturated rings. The van der Waals surface area contributed by atoms with Gasteiger partial charge in [0, 0.05) is 13.2 Å². The standard InChI is InChI=1S/C13H20FN3O2/c1-9(8-19-3)17(2)7-13(18)16-12-5-4-10(14)6-11(12)15/h4-6,9H,7-8,15H2,1-3H3,(H,16,18). The third-order valence-corrected chi connectivity index (χ3v) is 2.84. The Kier molecular flexibility index (Phi) is 5.72. The lowest BCUT2D eigenvalue weighted by Crippen LogP contribution is -2.38. The van der Waals surface area contributed by atoms with Crippen molar-refractivity contribution in [2.75, 3.05) is 38.4 Å². The lowest BCUT2D eigenvalue weighted by molar-refractivity contribution is -0.117. The minimum Gasteiger partial charge on any atom is -0.397 e. The van der Waals surface area contributed by atoms with Gasteiger partial charge in [-0.15, -0.1) is 0 Å². The highest BCUT2D eigenvalue weighted by Gasteiger charge is 2.13. The molecule has 0 bridgehead atoms. The fourth-order valence-corrected chi connectivity index (χ4v) is 1.59. The van der Waals surface area contributed by atoms with Crippen molar-refractivity contribution in [3.63, 3.8) is 0 Å². The number of anilines is 2. The molecule has 1 amide bonds. The molecule has 0 aromatic heterocycles. The number of hydrogen-bond donors (Lipinski definition) is 2. The molecule has 1 rings (SSSR count). The zero-order chi connectivity index (χ0) is 14.4. The SMILES string of the molecule is COCC(C)N(C)CC(=O)Nc1ccc(F)cc1N. The van der Waals surface area contributed by atoms with Crippen molar-refractivity contribution < 1.29 is 13.9 Å². The van der Waals surface area contributed by atoms with Crippen LogP contribution in [0, 0.1) is 5.82 Å². The third kappa shape index (κ3) is 4.84. The number of hydrogen-bond acceptors (Lipinski definition) is 4. The normalized spacial score (nSPS) is 12.5. The van der Waals surface area contributed by atoms with E-state index < -0.39 is 5.82 Å². The molecule has 3 N–H and O–H groups in total. The van der Waals surface area contributed by atoms with Crippen LogP contribution in [0.1, 0.15) is 6.92 Å². The van der Waals surface area contributed by atoms with Gasteiger partial charge >= 0.3 is 0 Å². The number of carbonyl (C=O) groups is 1. The van der Waals surface area contributed by atoms with Crippen LogP contribution in [-0.4, -0.2) is 44.2 Å². The Bertz CT molecular complexity index is 440. The topological polar surface area (TPSA) is 67.6 Å². The number of nitrogen functional groups attached to an aromatic ring is 1. The first kappa shape index (κ1) is 15.4. The van der Waals surface area contributed by atoms with E-state index in [2.05, 4.69) is 5.32 Å². The molecule has 106 valence electrons.